The number of hydrogen-bond acceptors (Lipinski definition) is 4. The molecule has 0 aliphatic heterocycles. The summed E-state index contributed by atoms with van der Waals surface area (Å²) < 4.78 is 22.9. The number of aliphatic hydroxyl groups excluding tert-OH is 1. The second-order valence-electron chi connectivity index (χ2n) is 4.29. The summed E-state index contributed by atoms with van der Waals surface area (Å²) in [5, 5.41) is 11.9. The van der Waals surface area contributed by atoms with Crippen LogP contribution >= 0.6 is 27.3 Å². The Bertz CT molecular complexity index is 462. The SMILES string of the molecule is CC(C)(C(O)Cc1sccc1Br)S(C)(=O)=O. The van der Waals surface area contributed by atoms with Crippen LogP contribution in [0.2, 0.25) is 0 Å². The van der Waals surface area contributed by atoms with E-state index in [-0.39, 0.29) is 0 Å². The van der Waals surface area contributed by atoms with Gasteiger partial charge in [0.2, 0.25) is 0 Å². The molecule has 1 rings (SSSR count). The highest BCUT2D eigenvalue weighted by molar-refractivity contribution is 9.10. The number of halogens is 1. The van der Waals surface area contributed by atoms with Crippen molar-refractivity contribution in [2.24, 2.45) is 0 Å². The van der Waals surface area contributed by atoms with E-state index in [1.54, 1.807) is 13.8 Å². The van der Waals surface area contributed by atoms with E-state index in [1.807, 2.05) is 11.4 Å². The van der Waals surface area contributed by atoms with E-state index in [0.29, 0.717) is 6.42 Å². The fourth-order valence-electron chi connectivity index (χ4n) is 1.14. The fourth-order valence-corrected chi connectivity index (χ4v) is 3.27. The minimum absolute atomic E-state index is 0.346. The average Bonchev–Trinajstić information content (AvgIpc) is 2.49. The summed E-state index contributed by atoms with van der Waals surface area (Å²) in [7, 11) is -3.28. The van der Waals surface area contributed by atoms with Crippen molar-refractivity contribution in [2.45, 2.75) is 31.1 Å². The van der Waals surface area contributed by atoms with E-state index in [2.05, 4.69) is 15.9 Å². The van der Waals surface area contributed by atoms with Gasteiger partial charge in [0.05, 0.1) is 10.9 Å². The number of aliphatic hydroxyl groups is 1. The maximum Gasteiger partial charge on any atom is 0.155 e. The number of sulfone groups is 1. The normalized spacial score (nSPS) is 15.1. The van der Waals surface area contributed by atoms with Crippen LogP contribution in [0.15, 0.2) is 15.9 Å². The summed E-state index contributed by atoms with van der Waals surface area (Å²) >= 11 is 4.86. The maximum atomic E-state index is 11.5. The summed E-state index contributed by atoms with van der Waals surface area (Å²) in [6, 6.07) is 1.89. The van der Waals surface area contributed by atoms with E-state index in [1.165, 1.54) is 11.3 Å². The molecular weight excluding hydrogens is 312 g/mol. The third-order valence-electron chi connectivity index (χ3n) is 2.83. The third-order valence-corrected chi connectivity index (χ3v) is 6.96. The molecule has 1 aromatic heterocycles. The van der Waals surface area contributed by atoms with E-state index in [0.717, 1.165) is 15.6 Å². The summed E-state index contributed by atoms with van der Waals surface area (Å²) in [5.74, 6) is 0. The standard InChI is InChI=1S/C10H15BrO3S2/c1-10(2,16(3,13)14)9(12)6-8-7(11)4-5-15-8/h4-5,9,12H,6H2,1-3H3. The molecule has 16 heavy (non-hydrogen) atoms. The van der Waals surface area contributed by atoms with Crippen LogP contribution in [0.25, 0.3) is 0 Å². The zero-order valence-corrected chi connectivity index (χ0v) is 12.6. The van der Waals surface area contributed by atoms with E-state index >= 15 is 0 Å². The van der Waals surface area contributed by atoms with Crippen molar-refractivity contribution in [1.82, 2.24) is 0 Å². The lowest BCUT2D eigenvalue weighted by atomic mass is 10.0. The molecule has 1 aromatic rings. The molecule has 0 spiro atoms. The van der Waals surface area contributed by atoms with E-state index in [9.17, 15) is 13.5 Å². The second-order valence-corrected chi connectivity index (χ2v) is 8.74. The first-order chi connectivity index (χ1) is 7.16. The predicted octanol–water partition coefficient (Wildman–Crippen LogP) is 2.24. The van der Waals surface area contributed by atoms with Crippen LogP contribution in [0.1, 0.15) is 18.7 Å². The Balaban J connectivity index is 2.89. The van der Waals surface area contributed by atoms with Gasteiger partial charge >= 0.3 is 0 Å². The zero-order valence-electron chi connectivity index (χ0n) is 9.40. The Morgan fingerprint density at radius 2 is 2.12 bits per heavy atom. The first-order valence-electron chi connectivity index (χ1n) is 4.76. The Labute approximate surface area is 109 Å². The van der Waals surface area contributed by atoms with Crippen molar-refractivity contribution < 1.29 is 13.5 Å². The number of rotatable bonds is 4. The molecule has 0 amide bonds. The minimum atomic E-state index is -3.28. The zero-order chi connectivity index (χ0) is 12.6. The van der Waals surface area contributed by atoms with Crippen molar-refractivity contribution in [3.8, 4) is 0 Å². The quantitative estimate of drug-likeness (QED) is 0.923. The molecule has 0 aliphatic rings. The van der Waals surface area contributed by atoms with Gasteiger partial charge in [-0.1, -0.05) is 0 Å². The molecule has 0 saturated carbocycles. The Morgan fingerprint density at radius 3 is 2.50 bits per heavy atom. The molecule has 1 N–H and O–H groups in total. The van der Waals surface area contributed by atoms with Gasteiger partial charge < -0.3 is 5.11 Å². The van der Waals surface area contributed by atoms with Crippen molar-refractivity contribution in [2.75, 3.05) is 6.26 Å². The molecule has 1 heterocycles. The molecule has 1 unspecified atom stereocenters. The van der Waals surface area contributed by atoms with Gasteiger partial charge in [-0.25, -0.2) is 8.42 Å². The highest BCUT2D eigenvalue weighted by atomic mass is 79.9. The average molecular weight is 327 g/mol. The Morgan fingerprint density at radius 1 is 1.56 bits per heavy atom. The van der Waals surface area contributed by atoms with E-state index < -0.39 is 20.7 Å². The molecule has 0 radical (unpaired) electrons. The molecule has 0 saturated heterocycles. The van der Waals surface area contributed by atoms with Crippen molar-refractivity contribution in [1.29, 1.82) is 0 Å². The summed E-state index contributed by atoms with van der Waals surface area (Å²) in [5.41, 5.74) is 0. The topological polar surface area (TPSA) is 54.4 Å². The summed E-state index contributed by atoms with van der Waals surface area (Å²) in [4.78, 5) is 0.962. The first-order valence-corrected chi connectivity index (χ1v) is 8.32. The van der Waals surface area contributed by atoms with E-state index in [4.69, 9.17) is 0 Å². The Kier molecular flexibility index (Phi) is 4.21. The van der Waals surface area contributed by atoms with Crippen LogP contribution in [0.5, 0.6) is 0 Å². The van der Waals surface area contributed by atoms with Gasteiger partial charge in [0, 0.05) is 22.0 Å². The van der Waals surface area contributed by atoms with Gasteiger partial charge in [-0.2, -0.15) is 0 Å². The lowest BCUT2D eigenvalue weighted by Gasteiger charge is -2.28. The number of thiophene rings is 1. The first kappa shape index (κ1) is 14.2. The molecule has 6 heteroatoms. The van der Waals surface area contributed by atoms with Crippen molar-refractivity contribution in [3.05, 3.63) is 20.8 Å². The molecule has 0 aliphatic carbocycles. The number of hydrogen-bond donors (Lipinski definition) is 1. The monoisotopic (exact) mass is 326 g/mol. The summed E-state index contributed by atoms with van der Waals surface area (Å²) in [6.45, 7) is 3.10. The van der Waals surface area contributed by atoms with Crippen LogP contribution in [-0.2, 0) is 16.3 Å². The fraction of sp³-hybridized carbons (Fsp3) is 0.600. The van der Waals surface area contributed by atoms with Gasteiger partial charge in [-0.15, -0.1) is 11.3 Å². The summed E-state index contributed by atoms with van der Waals surface area (Å²) in [6.07, 6.45) is 0.593. The predicted molar refractivity (Wildman–Crippen MR) is 70.7 cm³/mol. The molecule has 0 aromatic carbocycles. The lowest BCUT2D eigenvalue weighted by Crippen LogP contribution is -2.44. The molecule has 0 bridgehead atoms. The van der Waals surface area contributed by atoms with Gasteiger partial charge in [-0.3, -0.25) is 0 Å². The minimum Gasteiger partial charge on any atom is -0.391 e. The lowest BCUT2D eigenvalue weighted by molar-refractivity contribution is 0.138. The van der Waals surface area contributed by atoms with Crippen LogP contribution in [0, 0.1) is 0 Å². The smallest absolute Gasteiger partial charge is 0.155 e. The molecule has 1 atom stereocenters. The Hall–Kier alpha value is 0.0900. The molecule has 92 valence electrons. The van der Waals surface area contributed by atoms with Gasteiger partial charge in [-0.05, 0) is 41.2 Å². The van der Waals surface area contributed by atoms with Crippen LogP contribution < -0.4 is 0 Å². The molecular formula is C10H15BrO3S2. The third kappa shape index (κ3) is 2.85. The van der Waals surface area contributed by atoms with Gasteiger partial charge in [0.1, 0.15) is 0 Å². The largest absolute Gasteiger partial charge is 0.391 e. The van der Waals surface area contributed by atoms with Crippen molar-refractivity contribution in [3.63, 3.8) is 0 Å². The van der Waals surface area contributed by atoms with Gasteiger partial charge in [0.25, 0.3) is 0 Å². The second kappa shape index (κ2) is 4.76. The van der Waals surface area contributed by atoms with Crippen molar-refractivity contribution >= 4 is 37.1 Å². The maximum absolute atomic E-state index is 11.5. The highest BCUT2D eigenvalue weighted by Crippen LogP contribution is 2.29. The molecule has 3 nitrogen and oxygen atoms in total. The highest BCUT2D eigenvalue weighted by Gasteiger charge is 2.38. The van der Waals surface area contributed by atoms with Crippen LogP contribution in [-0.4, -0.2) is 30.6 Å². The molecule has 0 fully saturated rings. The van der Waals surface area contributed by atoms with Gasteiger partial charge in [0.15, 0.2) is 9.84 Å². The van der Waals surface area contributed by atoms with Crippen LogP contribution in [0.4, 0.5) is 0 Å². The van der Waals surface area contributed by atoms with Crippen LogP contribution in [0.3, 0.4) is 0 Å².